The van der Waals surface area contributed by atoms with Crippen LogP contribution in [0.1, 0.15) is 28.0 Å². The third-order valence-corrected chi connectivity index (χ3v) is 9.19. The van der Waals surface area contributed by atoms with E-state index < -0.39 is 12.8 Å². The highest BCUT2D eigenvalue weighted by Crippen LogP contribution is 2.59. The zero-order valence-corrected chi connectivity index (χ0v) is 18.5. The van der Waals surface area contributed by atoms with E-state index in [0.717, 1.165) is 16.2 Å². The van der Waals surface area contributed by atoms with Gasteiger partial charge < -0.3 is 4.57 Å². The summed E-state index contributed by atoms with van der Waals surface area (Å²) in [7, 11) is -3.21. The molecule has 1 atom stereocenters. The lowest BCUT2D eigenvalue weighted by molar-refractivity contribution is 0.0981. The van der Waals surface area contributed by atoms with Gasteiger partial charge in [-0.25, -0.2) is 0 Å². The topological polar surface area (TPSA) is 34.1 Å². The Morgan fingerprint density at radius 3 is 1.61 bits per heavy atom. The number of carbonyl (C=O) groups excluding carboxylic acids is 1. The van der Waals surface area contributed by atoms with E-state index >= 15 is 0 Å². The van der Waals surface area contributed by atoms with E-state index in [-0.39, 0.29) is 12.2 Å². The Morgan fingerprint density at radius 2 is 1.13 bits per heavy atom. The van der Waals surface area contributed by atoms with Crippen molar-refractivity contribution in [3.8, 4) is 0 Å². The van der Waals surface area contributed by atoms with Crippen LogP contribution in [-0.2, 0) is 4.57 Å². The average molecular weight is 445 g/mol. The molecule has 0 saturated heterocycles. The molecule has 0 heterocycles. The lowest BCUT2D eigenvalue weighted by Gasteiger charge is -2.29. The Balaban J connectivity index is 1.89. The van der Waals surface area contributed by atoms with Crippen molar-refractivity contribution in [3.63, 3.8) is 0 Å². The minimum absolute atomic E-state index is 0.0346. The minimum atomic E-state index is -3.21. The normalized spacial score (nSPS) is 12.3. The number of hydrogen-bond donors (Lipinski definition) is 0. The molecular formula is C27H22ClO2P. The molecule has 154 valence electrons. The van der Waals surface area contributed by atoms with Gasteiger partial charge in [-0.3, -0.25) is 4.79 Å². The lowest BCUT2D eigenvalue weighted by atomic mass is 10.0. The number of Topliss-reactive ketones (excluding diaryl/α,β-unsaturated/α-hetero) is 1. The van der Waals surface area contributed by atoms with Gasteiger partial charge in [0.2, 0.25) is 0 Å². The molecule has 0 fully saturated rings. The number of hydrogen-bond acceptors (Lipinski definition) is 2. The second kappa shape index (κ2) is 9.47. The number of carbonyl (C=O) groups is 1. The van der Waals surface area contributed by atoms with Crippen LogP contribution < -0.4 is 10.6 Å². The first-order valence-electron chi connectivity index (χ1n) is 10.1. The molecule has 0 aliphatic rings. The molecule has 0 saturated carbocycles. The molecule has 2 nitrogen and oxygen atoms in total. The summed E-state index contributed by atoms with van der Waals surface area (Å²) < 4.78 is 15.0. The lowest BCUT2D eigenvalue weighted by Crippen LogP contribution is -2.23. The maximum absolute atomic E-state index is 15.0. The maximum Gasteiger partial charge on any atom is 0.163 e. The Bertz CT molecular complexity index is 1150. The third kappa shape index (κ3) is 4.56. The predicted molar refractivity (Wildman–Crippen MR) is 129 cm³/mol. The van der Waals surface area contributed by atoms with Gasteiger partial charge in [0.05, 0.1) is 5.66 Å². The number of rotatable bonds is 7. The molecule has 0 aliphatic carbocycles. The fraction of sp³-hybridized carbons (Fsp3) is 0.0741. The molecule has 0 amide bonds. The van der Waals surface area contributed by atoms with Crippen LogP contribution in [0.3, 0.4) is 0 Å². The number of halogens is 1. The molecule has 0 aliphatic heterocycles. The molecule has 31 heavy (non-hydrogen) atoms. The number of benzene rings is 4. The zero-order chi connectivity index (χ0) is 21.7. The third-order valence-electron chi connectivity index (χ3n) is 5.45. The Kier molecular flexibility index (Phi) is 6.51. The molecule has 4 heteroatoms. The summed E-state index contributed by atoms with van der Waals surface area (Å²) in [6.07, 6.45) is 0.132. The van der Waals surface area contributed by atoms with Crippen molar-refractivity contribution in [2.45, 2.75) is 12.1 Å². The van der Waals surface area contributed by atoms with Gasteiger partial charge in [-0.1, -0.05) is 115 Å². The largest absolute Gasteiger partial charge is 0.313 e. The van der Waals surface area contributed by atoms with Crippen LogP contribution in [0.15, 0.2) is 115 Å². The smallest absolute Gasteiger partial charge is 0.163 e. The summed E-state index contributed by atoms with van der Waals surface area (Å²) in [5.41, 5.74) is 0.945. The van der Waals surface area contributed by atoms with E-state index in [1.165, 1.54) is 0 Å². The quantitative estimate of drug-likeness (QED) is 0.236. The summed E-state index contributed by atoms with van der Waals surface area (Å²) in [4.78, 5) is 13.3. The van der Waals surface area contributed by atoms with E-state index in [1.54, 1.807) is 24.3 Å². The Morgan fingerprint density at radius 1 is 0.677 bits per heavy atom. The molecule has 4 aromatic rings. The zero-order valence-electron chi connectivity index (χ0n) is 16.9. The average Bonchev–Trinajstić information content (AvgIpc) is 2.84. The first-order chi connectivity index (χ1) is 15.1. The highest BCUT2D eigenvalue weighted by Gasteiger charge is 2.39. The standard InChI is InChI=1S/C27H22ClO2P/c28-23-18-16-22(17-19-23)27(20-26(29)21-10-4-1-5-11-21)31(30,24-12-6-2-7-13-24)25-14-8-3-9-15-25/h1-19,27H,20H2/t27-/m0/s1. The second-order valence-electron chi connectivity index (χ2n) is 7.39. The molecule has 0 radical (unpaired) electrons. The Labute approximate surface area is 187 Å². The van der Waals surface area contributed by atoms with Crippen molar-refractivity contribution in [1.29, 1.82) is 0 Å². The fourth-order valence-corrected chi connectivity index (χ4v) is 7.26. The van der Waals surface area contributed by atoms with Crippen LogP contribution in [0.5, 0.6) is 0 Å². The molecule has 4 rings (SSSR count). The van der Waals surface area contributed by atoms with Gasteiger partial charge in [-0.2, -0.15) is 0 Å². The van der Waals surface area contributed by atoms with Gasteiger partial charge in [0.25, 0.3) is 0 Å². The SMILES string of the molecule is O=C(C[C@@H](c1ccc(Cl)cc1)P(=O)(c1ccccc1)c1ccccc1)c1ccccc1. The van der Waals surface area contributed by atoms with Crippen LogP contribution >= 0.6 is 18.7 Å². The van der Waals surface area contributed by atoms with Gasteiger partial charge in [-0.15, -0.1) is 0 Å². The van der Waals surface area contributed by atoms with Crippen LogP contribution in [-0.4, -0.2) is 5.78 Å². The summed E-state index contributed by atoms with van der Waals surface area (Å²) in [6.45, 7) is 0. The van der Waals surface area contributed by atoms with Gasteiger partial charge >= 0.3 is 0 Å². The van der Waals surface area contributed by atoms with Crippen LogP contribution in [0.4, 0.5) is 0 Å². The van der Waals surface area contributed by atoms with Crippen molar-refractivity contribution < 1.29 is 9.36 Å². The van der Waals surface area contributed by atoms with E-state index in [4.69, 9.17) is 11.6 Å². The fourth-order valence-electron chi connectivity index (χ4n) is 3.87. The Hall–Kier alpha value is -2.93. The maximum atomic E-state index is 15.0. The molecule has 0 N–H and O–H groups in total. The molecular weight excluding hydrogens is 423 g/mol. The van der Waals surface area contributed by atoms with E-state index in [1.807, 2.05) is 91.0 Å². The van der Waals surface area contributed by atoms with E-state index in [2.05, 4.69) is 0 Å². The first kappa shape index (κ1) is 21.3. The summed E-state index contributed by atoms with van der Waals surface area (Å²) in [6, 6.07) is 35.5. The van der Waals surface area contributed by atoms with Gasteiger partial charge in [0.15, 0.2) is 12.9 Å². The molecule has 0 aromatic heterocycles. The summed E-state index contributed by atoms with van der Waals surface area (Å²) in [5.74, 6) is -0.0346. The van der Waals surface area contributed by atoms with Crippen molar-refractivity contribution in [3.05, 3.63) is 131 Å². The minimum Gasteiger partial charge on any atom is -0.313 e. The van der Waals surface area contributed by atoms with Gasteiger partial charge in [-0.05, 0) is 17.7 Å². The van der Waals surface area contributed by atoms with Crippen molar-refractivity contribution >= 4 is 35.1 Å². The van der Waals surface area contributed by atoms with E-state index in [9.17, 15) is 9.36 Å². The van der Waals surface area contributed by atoms with Crippen molar-refractivity contribution in [2.75, 3.05) is 0 Å². The van der Waals surface area contributed by atoms with Crippen molar-refractivity contribution in [2.24, 2.45) is 0 Å². The van der Waals surface area contributed by atoms with Crippen LogP contribution in [0.25, 0.3) is 0 Å². The van der Waals surface area contributed by atoms with Crippen molar-refractivity contribution in [1.82, 2.24) is 0 Å². The molecule has 0 spiro atoms. The monoisotopic (exact) mass is 444 g/mol. The van der Waals surface area contributed by atoms with Gasteiger partial charge in [0, 0.05) is 27.6 Å². The highest BCUT2D eigenvalue weighted by atomic mass is 35.5. The second-order valence-corrected chi connectivity index (χ2v) is 10.8. The molecule has 0 unspecified atom stereocenters. The first-order valence-corrected chi connectivity index (χ1v) is 12.3. The van der Waals surface area contributed by atoms with Crippen LogP contribution in [0.2, 0.25) is 5.02 Å². The molecule has 0 bridgehead atoms. The van der Waals surface area contributed by atoms with E-state index in [0.29, 0.717) is 10.6 Å². The molecule has 4 aromatic carbocycles. The van der Waals surface area contributed by atoms with Gasteiger partial charge in [0.1, 0.15) is 0 Å². The highest BCUT2D eigenvalue weighted by molar-refractivity contribution is 7.79. The predicted octanol–water partition coefficient (Wildman–Crippen LogP) is 6.67. The summed E-state index contributed by atoms with van der Waals surface area (Å²) in [5, 5.41) is 2.08. The van der Waals surface area contributed by atoms with Crippen LogP contribution in [0, 0.1) is 0 Å². The number of ketones is 1. The summed E-state index contributed by atoms with van der Waals surface area (Å²) >= 11 is 6.13.